The number of aromatic nitrogens is 1. The predicted octanol–water partition coefficient (Wildman–Crippen LogP) is 2.02. The van der Waals surface area contributed by atoms with E-state index in [2.05, 4.69) is 10.3 Å². The Hall–Kier alpha value is -0.940. The van der Waals surface area contributed by atoms with Gasteiger partial charge in [0.1, 0.15) is 5.75 Å². The summed E-state index contributed by atoms with van der Waals surface area (Å²) in [6, 6.07) is 0. The molecule has 0 saturated carbocycles. The number of nitrogens with zero attached hydrogens (tertiary/aromatic N) is 1. The van der Waals surface area contributed by atoms with Crippen molar-refractivity contribution in [1.29, 1.82) is 0 Å². The van der Waals surface area contributed by atoms with Crippen LogP contribution in [-0.2, 0) is 22.5 Å². The molecule has 2 N–H and O–H groups in total. The van der Waals surface area contributed by atoms with Crippen LogP contribution in [0.5, 0.6) is 5.75 Å². The maximum Gasteiger partial charge on any atom is 0.205 e. The number of ether oxygens (including phenoxy) is 2. The van der Waals surface area contributed by atoms with Crippen LogP contribution in [-0.4, -0.2) is 35.0 Å². The van der Waals surface area contributed by atoms with Gasteiger partial charge in [0.05, 0.1) is 12.3 Å². The van der Waals surface area contributed by atoms with Gasteiger partial charge in [-0.15, -0.1) is 0 Å². The van der Waals surface area contributed by atoms with Crippen molar-refractivity contribution in [2.45, 2.75) is 39.7 Å². The van der Waals surface area contributed by atoms with E-state index in [1.54, 1.807) is 6.20 Å². The average Bonchev–Trinajstić information content (AvgIpc) is 2.35. The monoisotopic (exact) mass is 314 g/mol. The fourth-order valence-electron chi connectivity index (χ4n) is 2.15. The second kappa shape index (κ2) is 6.05. The lowest BCUT2D eigenvalue weighted by atomic mass is 10.1. The Kier molecular flexibility index (Phi) is 4.73. The van der Waals surface area contributed by atoms with Gasteiger partial charge >= 0.3 is 0 Å². The molecule has 0 radical (unpaired) electrons. The van der Waals surface area contributed by atoms with Gasteiger partial charge in [-0.25, -0.2) is 0 Å². The zero-order valence-corrected chi connectivity index (χ0v) is 13.9. The molecule has 0 aliphatic carbocycles. The third kappa shape index (κ3) is 4.51. The molecule has 0 amide bonds. The second-order valence-corrected chi connectivity index (χ2v) is 8.47. The molecule has 0 bridgehead atoms. The second-order valence-electron chi connectivity index (χ2n) is 5.92. The van der Waals surface area contributed by atoms with Crippen molar-refractivity contribution in [1.82, 2.24) is 10.3 Å². The first-order valence-corrected chi connectivity index (χ1v) is 9.27. The molecule has 0 saturated heterocycles. The molecule has 1 aliphatic rings. The Balaban J connectivity index is 2.07. The molecule has 0 aromatic carbocycles. The molecule has 1 aromatic heterocycles. The summed E-state index contributed by atoms with van der Waals surface area (Å²) < 4.78 is 22.8. The van der Waals surface area contributed by atoms with E-state index >= 15 is 0 Å². The minimum absolute atomic E-state index is 0.258. The van der Waals surface area contributed by atoms with Crippen LogP contribution in [0.4, 0.5) is 0 Å². The zero-order chi connectivity index (χ0) is 15.7. The number of aryl methyl sites for hydroxylation is 1. The fourth-order valence-corrected chi connectivity index (χ4v) is 2.73. The Bertz CT molecular complexity index is 568. The Morgan fingerprint density at radius 3 is 2.90 bits per heavy atom. The summed E-state index contributed by atoms with van der Waals surface area (Å²) in [5, 5.41) is 3.17. The van der Waals surface area contributed by atoms with Crippen LogP contribution in [0.25, 0.3) is 0 Å². The molecule has 7 heteroatoms. The lowest BCUT2D eigenvalue weighted by Crippen LogP contribution is -2.36. The van der Waals surface area contributed by atoms with E-state index in [-0.39, 0.29) is 6.16 Å². The average molecular weight is 314 g/mol. The Morgan fingerprint density at radius 1 is 1.52 bits per heavy atom. The third-order valence-corrected chi connectivity index (χ3v) is 4.39. The Labute approximate surface area is 125 Å². The van der Waals surface area contributed by atoms with Crippen LogP contribution in [0.2, 0.25) is 0 Å². The van der Waals surface area contributed by atoms with Gasteiger partial charge < -0.3 is 19.7 Å². The molecule has 1 aromatic rings. The van der Waals surface area contributed by atoms with E-state index in [0.29, 0.717) is 19.7 Å². The van der Waals surface area contributed by atoms with Gasteiger partial charge in [0, 0.05) is 51.5 Å². The van der Waals surface area contributed by atoms with Crippen molar-refractivity contribution >= 4 is 7.37 Å². The van der Waals surface area contributed by atoms with Gasteiger partial charge in [-0.2, -0.15) is 0 Å². The summed E-state index contributed by atoms with van der Waals surface area (Å²) in [4.78, 5) is 13.6. The molecular weight excluding hydrogens is 291 g/mol. The largest absolute Gasteiger partial charge is 0.461 e. The van der Waals surface area contributed by atoms with E-state index < -0.39 is 13.2 Å². The van der Waals surface area contributed by atoms with Crippen molar-refractivity contribution in [2.75, 3.05) is 19.4 Å². The SMILES string of the molecule is Cc1ncc(CNCCP(C)(=O)O)c2c1OC(C)(C)OC2. The van der Waals surface area contributed by atoms with Crippen LogP contribution in [0, 0.1) is 6.92 Å². The third-order valence-electron chi connectivity index (χ3n) is 3.34. The molecule has 1 atom stereocenters. The summed E-state index contributed by atoms with van der Waals surface area (Å²) in [7, 11) is -2.96. The maximum atomic E-state index is 11.2. The van der Waals surface area contributed by atoms with E-state index in [9.17, 15) is 9.46 Å². The van der Waals surface area contributed by atoms with Crippen LogP contribution < -0.4 is 10.1 Å². The van der Waals surface area contributed by atoms with Gasteiger partial charge in [-0.1, -0.05) is 0 Å². The summed E-state index contributed by atoms with van der Waals surface area (Å²) >= 11 is 0. The van der Waals surface area contributed by atoms with Crippen molar-refractivity contribution < 1.29 is 18.9 Å². The summed E-state index contributed by atoms with van der Waals surface area (Å²) in [5.41, 5.74) is 2.84. The molecule has 2 heterocycles. The highest BCUT2D eigenvalue weighted by atomic mass is 31.2. The molecule has 2 rings (SSSR count). The van der Waals surface area contributed by atoms with Crippen LogP contribution >= 0.6 is 7.37 Å². The van der Waals surface area contributed by atoms with Crippen molar-refractivity contribution in [3.8, 4) is 5.75 Å². The van der Waals surface area contributed by atoms with Gasteiger partial charge in [0.25, 0.3) is 0 Å². The topological polar surface area (TPSA) is 80.7 Å². The zero-order valence-electron chi connectivity index (χ0n) is 13.0. The molecule has 0 spiro atoms. The number of fused-ring (bicyclic) bond motifs is 1. The van der Waals surface area contributed by atoms with Crippen LogP contribution in [0.1, 0.15) is 30.7 Å². The standard InChI is InChI=1S/C14H23N2O4P/c1-10-13-12(9-19-14(2,3)20-13)11(8-16-10)7-15-5-6-21(4,17)18/h8,15H,5-7,9H2,1-4H3,(H,17,18). The number of rotatable bonds is 5. The number of hydrogen-bond acceptors (Lipinski definition) is 5. The normalized spacial score (nSPS) is 19.5. The highest BCUT2D eigenvalue weighted by Gasteiger charge is 2.30. The lowest BCUT2D eigenvalue weighted by Gasteiger charge is -2.34. The van der Waals surface area contributed by atoms with Crippen LogP contribution in [0.3, 0.4) is 0 Å². The molecule has 6 nitrogen and oxygen atoms in total. The van der Waals surface area contributed by atoms with Crippen molar-refractivity contribution in [2.24, 2.45) is 0 Å². The van der Waals surface area contributed by atoms with Crippen LogP contribution in [0.15, 0.2) is 6.20 Å². The lowest BCUT2D eigenvalue weighted by molar-refractivity contribution is -0.180. The molecular formula is C14H23N2O4P. The van der Waals surface area contributed by atoms with Crippen molar-refractivity contribution in [3.05, 3.63) is 23.0 Å². The van der Waals surface area contributed by atoms with E-state index in [4.69, 9.17) is 9.47 Å². The maximum absolute atomic E-state index is 11.2. The van der Waals surface area contributed by atoms with Gasteiger partial charge in [-0.3, -0.25) is 9.55 Å². The fraction of sp³-hybridized carbons (Fsp3) is 0.643. The highest BCUT2D eigenvalue weighted by Crippen LogP contribution is 2.35. The molecule has 1 aliphatic heterocycles. The number of nitrogens with one attached hydrogen (secondary N) is 1. The first kappa shape index (κ1) is 16.4. The molecule has 118 valence electrons. The van der Waals surface area contributed by atoms with Gasteiger partial charge in [0.2, 0.25) is 5.79 Å². The van der Waals surface area contributed by atoms with Crippen molar-refractivity contribution in [3.63, 3.8) is 0 Å². The van der Waals surface area contributed by atoms with E-state index in [1.807, 2.05) is 20.8 Å². The van der Waals surface area contributed by atoms with Gasteiger partial charge in [0.15, 0.2) is 7.37 Å². The molecule has 1 unspecified atom stereocenters. The quantitative estimate of drug-likeness (QED) is 0.639. The first-order valence-electron chi connectivity index (χ1n) is 6.98. The Morgan fingerprint density at radius 2 is 2.24 bits per heavy atom. The van der Waals surface area contributed by atoms with E-state index in [1.165, 1.54) is 6.66 Å². The number of hydrogen-bond donors (Lipinski definition) is 2. The molecule has 0 fully saturated rings. The highest BCUT2D eigenvalue weighted by molar-refractivity contribution is 7.57. The summed E-state index contributed by atoms with van der Waals surface area (Å²) in [6.07, 6.45) is 2.06. The number of pyridine rings is 1. The first-order chi connectivity index (χ1) is 9.68. The van der Waals surface area contributed by atoms with E-state index in [0.717, 1.165) is 22.6 Å². The molecule has 21 heavy (non-hydrogen) atoms. The minimum Gasteiger partial charge on any atom is -0.461 e. The summed E-state index contributed by atoms with van der Waals surface area (Å²) in [5.74, 6) is 0.144. The summed E-state index contributed by atoms with van der Waals surface area (Å²) in [6.45, 7) is 8.57. The minimum atomic E-state index is -2.96. The van der Waals surface area contributed by atoms with Gasteiger partial charge in [-0.05, 0) is 12.5 Å². The smallest absolute Gasteiger partial charge is 0.205 e. The predicted molar refractivity (Wildman–Crippen MR) is 80.8 cm³/mol.